The third-order valence-electron chi connectivity index (χ3n) is 3.40. The molecule has 7 nitrogen and oxygen atoms in total. The van der Waals surface area contributed by atoms with E-state index >= 15 is 0 Å². The van der Waals surface area contributed by atoms with Crippen molar-refractivity contribution in [3.8, 4) is 0 Å². The minimum absolute atomic E-state index is 0.171. The van der Waals surface area contributed by atoms with Crippen molar-refractivity contribution in [2.75, 3.05) is 5.32 Å². The predicted octanol–water partition coefficient (Wildman–Crippen LogP) is 3.76. The molecule has 0 atom stereocenters. The van der Waals surface area contributed by atoms with Crippen LogP contribution in [0.25, 0.3) is 0 Å². The van der Waals surface area contributed by atoms with Gasteiger partial charge in [-0.05, 0) is 24.6 Å². The van der Waals surface area contributed by atoms with Crippen LogP contribution >= 0.6 is 34.8 Å². The zero-order valence-electron chi connectivity index (χ0n) is 13.1. The molecule has 0 unspecified atom stereocenters. The summed E-state index contributed by atoms with van der Waals surface area (Å²) in [5.41, 5.74) is 1.18. The smallest absolute Gasteiger partial charge is 0.277 e. The van der Waals surface area contributed by atoms with Crippen LogP contribution in [0.1, 0.15) is 23.0 Å². The maximum absolute atomic E-state index is 12.3. The summed E-state index contributed by atoms with van der Waals surface area (Å²) >= 11 is 17.9. The van der Waals surface area contributed by atoms with Crippen LogP contribution in [-0.4, -0.2) is 30.5 Å². The van der Waals surface area contributed by atoms with E-state index in [9.17, 15) is 4.79 Å². The Labute approximate surface area is 158 Å². The average Bonchev–Trinajstić information content (AvgIpc) is 3.17. The van der Waals surface area contributed by atoms with Crippen LogP contribution in [0.3, 0.4) is 0 Å². The van der Waals surface area contributed by atoms with E-state index in [1.807, 2.05) is 13.0 Å². The number of anilines is 1. The van der Waals surface area contributed by atoms with Gasteiger partial charge in [-0.1, -0.05) is 40.9 Å². The van der Waals surface area contributed by atoms with E-state index in [0.29, 0.717) is 23.1 Å². The fraction of sp³-hybridized carbons (Fsp3) is 0.200. The van der Waals surface area contributed by atoms with Gasteiger partial charge < -0.3 is 0 Å². The number of nitrogens with one attached hydrogen (secondary N) is 1. The van der Waals surface area contributed by atoms with Gasteiger partial charge in [0.25, 0.3) is 5.91 Å². The third kappa shape index (κ3) is 3.95. The second kappa shape index (κ2) is 7.43. The van der Waals surface area contributed by atoms with E-state index < -0.39 is 5.91 Å². The Hall–Kier alpha value is -2.09. The Bertz CT molecular complexity index is 920. The van der Waals surface area contributed by atoms with Gasteiger partial charge in [0.2, 0.25) is 5.95 Å². The summed E-state index contributed by atoms with van der Waals surface area (Å²) in [6.45, 7) is 2.83. The fourth-order valence-electron chi connectivity index (χ4n) is 2.24. The van der Waals surface area contributed by atoms with Gasteiger partial charge in [0.1, 0.15) is 12.0 Å². The minimum atomic E-state index is -0.420. The Morgan fingerprint density at radius 2 is 2.00 bits per heavy atom. The lowest BCUT2D eigenvalue weighted by Crippen LogP contribution is -2.18. The second-order valence-electron chi connectivity index (χ2n) is 5.13. The van der Waals surface area contributed by atoms with Gasteiger partial charge in [0.05, 0.1) is 27.8 Å². The lowest BCUT2D eigenvalue weighted by atomic mass is 10.2. The van der Waals surface area contributed by atoms with E-state index in [1.54, 1.807) is 16.8 Å². The molecule has 1 N–H and O–H groups in total. The van der Waals surface area contributed by atoms with Crippen LogP contribution in [0.4, 0.5) is 5.95 Å². The van der Waals surface area contributed by atoms with Gasteiger partial charge in [0.15, 0.2) is 0 Å². The summed E-state index contributed by atoms with van der Waals surface area (Å²) < 4.78 is 3.08. The van der Waals surface area contributed by atoms with Gasteiger partial charge in [-0.15, -0.1) is 5.10 Å². The van der Waals surface area contributed by atoms with Crippen LogP contribution < -0.4 is 5.32 Å². The number of rotatable bonds is 5. The summed E-state index contributed by atoms with van der Waals surface area (Å²) in [6, 6.07) is 5.31. The number of aromatic nitrogens is 5. The SMILES string of the molecule is CCn1ncc(Cl)c1C(=O)Nc1ncn(Cc2ccc(Cl)c(Cl)c2)n1. The number of benzene rings is 1. The van der Waals surface area contributed by atoms with Crippen molar-refractivity contribution in [3.63, 3.8) is 0 Å². The molecule has 0 saturated heterocycles. The molecule has 0 radical (unpaired) electrons. The number of nitrogens with zero attached hydrogens (tertiary/aromatic N) is 5. The van der Waals surface area contributed by atoms with Crippen molar-refractivity contribution in [1.82, 2.24) is 24.5 Å². The zero-order valence-corrected chi connectivity index (χ0v) is 15.3. The van der Waals surface area contributed by atoms with Crippen molar-refractivity contribution < 1.29 is 4.79 Å². The first-order valence-electron chi connectivity index (χ1n) is 7.34. The monoisotopic (exact) mass is 398 g/mol. The standard InChI is InChI=1S/C15H13Cl3N6O/c1-2-24-13(12(18)6-20-24)14(25)21-15-19-8-23(22-15)7-9-3-4-10(16)11(17)5-9/h3-6,8H,2,7H2,1H3,(H,21,22,25). The van der Waals surface area contributed by atoms with E-state index in [1.165, 1.54) is 17.2 Å². The van der Waals surface area contributed by atoms with Crippen molar-refractivity contribution in [2.24, 2.45) is 0 Å². The molecule has 1 aromatic carbocycles. The van der Waals surface area contributed by atoms with Crippen LogP contribution in [0.15, 0.2) is 30.7 Å². The topological polar surface area (TPSA) is 77.6 Å². The molecule has 0 aliphatic rings. The molecule has 0 saturated carbocycles. The molecule has 0 aliphatic heterocycles. The number of hydrogen-bond acceptors (Lipinski definition) is 4. The fourth-order valence-corrected chi connectivity index (χ4v) is 2.79. The number of amides is 1. The molecular formula is C15H13Cl3N6O. The molecule has 2 heterocycles. The number of carbonyl (C=O) groups is 1. The van der Waals surface area contributed by atoms with E-state index in [2.05, 4.69) is 20.5 Å². The summed E-state index contributed by atoms with van der Waals surface area (Å²) in [7, 11) is 0. The number of aryl methyl sites for hydroxylation is 1. The largest absolute Gasteiger partial charge is 0.288 e. The molecule has 0 spiro atoms. The lowest BCUT2D eigenvalue weighted by molar-refractivity contribution is 0.101. The third-order valence-corrected chi connectivity index (χ3v) is 4.42. The Kier molecular flexibility index (Phi) is 5.27. The van der Waals surface area contributed by atoms with Gasteiger partial charge in [-0.2, -0.15) is 5.10 Å². The normalized spacial score (nSPS) is 10.9. The van der Waals surface area contributed by atoms with Crippen molar-refractivity contribution in [3.05, 3.63) is 57.0 Å². The lowest BCUT2D eigenvalue weighted by Gasteiger charge is -2.05. The maximum atomic E-state index is 12.3. The summed E-state index contributed by atoms with van der Waals surface area (Å²) in [6.07, 6.45) is 2.94. The van der Waals surface area contributed by atoms with Crippen molar-refractivity contribution >= 4 is 46.7 Å². The van der Waals surface area contributed by atoms with E-state index in [-0.39, 0.29) is 16.7 Å². The van der Waals surface area contributed by atoms with Crippen LogP contribution in [0.2, 0.25) is 15.1 Å². The maximum Gasteiger partial charge on any atom is 0.277 e. The first-order valence-corrected chi connectivity index (χ1v) is 8.47. The molecular weight excluding hydrogens is 387 g/mol. The minimum Gasteiger partial charge on any atom is -0.288 e. The average molecular weight is 400 g/mol. The number of halogens is 3. The highest BCUT2D eigenvalue weighted by molar-refractivity contribution is 6.42. The van der Waals surface area contributed by atoms with E-state index in [0.717, 1.165) is 5.56 Å². The van der Waals surface area contributed by atoms with Crippen molar-refractivity contribution in [1.29, 1.82) is 0 Å². The Morgan fingerprint density at radius 1 is 1.20 bits per heavy atom. The molecule has 0 aliphatic carbocycles. The van der Waals surface area contributed by atoms with Crippen LogP contribution in [0.5, 0.6) is 0 Å². The van der Waals surface area contributed by atoms with Crippen LogP contribution in [-0.2, 0) is 13.1 Å². The van der Waals surface area contributed by atoms with Crippen molar-refractivity contribution in [2.45, 2.75) is 20.0 Å². The highest BCUT2D eigenvalue weighted by Crippen LogP contribution is 2.23. The number of carbonyl (C=O) groups excluding carboxylic acids is 1. The molecule has 10 heteroatoms. The van der Waals surface area contributed by atoms with Gasteiger partial charge >= 0.3 is 0 Å². The second-order valence-corrected chi connectivity index (χ2v) is 6.35. The quantitative estimate of drug-likeness (QED) is 0.708. The summed E-state index contributed by atoms with van der Waals surface area (Å²) in [5.74, 6) is -0.249. The molecule has 130 valence electrons. The molecule has 25 heavy (non-hydrogen) atoms. The molecule has 3 aromatic rings. The van der Waals surface area contributed by atoms with Gasteiger partial charge in [-0.25, -0.2) is 9.67 Å². The molecule has 1 amide bonds. The highest BCUT2D eigenvalue weighted by atomic mass is 35.5. The summed E-state index contributed by atoms with van der Waals surface area (Å²) in [5, 5.41) is 12.1. The molecule has 2 aromatic heterocycles. The summed E-state index contributed by atoms with van der Waals surface area (Å²) in [4.78, 5) is 16.4. The van der Waals surface area contributed by atoms with Crippen LogP contribution in [0, 0.1) is 0 Å². The molecule has 3 rings (SSSR count). The highest BCUT2D eigenvalue weighted by Gasteiger charge is 2.18. The van der Waals surface area contributed by atoms with E-state index in [4.69, 9.17) is 34.8 Å². The molecule has 0 bridgehead atoms. The van der Waals surface area contributed by atoms with Gasteiger partial charge in [0, 0.05) is 6.54 Å². The van der Waals surface area contributed by atoms with Gasteiger partial charge in [-0.3, -0.25) is 14.8 Å². The number of hydrogen-bond donors (Lipinski definition) is 1. The first-order chi connectivity index (χ1) is 12.0. The predicted molar refractivity (Wildman–Crippen MR) is 96.5 cm³/mol. The Balaban J connectivity index is 1.72. The molecule has 0 fully saturated rings. The Morgan fingerprint density at radius 3 is 2.72 bits per heavy atom. The zero-order chi connectivity index (χ0) is 18.0. The first kappa shape index (κ1) is 17.7.